The molecule has 4 rings (SSSR count). The second kappa shape index (κ2) is 5.32. The number of aromatic nitrogens is 3. The monoisotopic (exact) mass is 284 g/mol. The molecule has 4 nitrogen and oxygen atoms in total. The number of H-pyrrole nitrogens is 1. The van der Waals surface area contributed by atoms with Crippen LogP contribution in [0.25, 0.3) is 11.0 Å². The number of rotatable bonds is 2. The van der Waals surface area contributed by atoms with Gasteiger partial charge in [0, 0.05) is 19.3 Å². The summed E-state index contributed by atoms with van der Waals surface area (Å²) in [7, 11) is 2.23. The number of hydrogen-bond acceptors (Lipinski definition) is 3. The number of hydrogen-bond donors (Lipinski definition) is 1. The van der Waals surface area contributed by atoms with Crippen molar-refractivity contribution >= 4 is 16.9 Å². The van der Waals surface area contributed by atoms with Gasteiger partial charge in [0.15, 0.2) is 0 Å². The number of aromatic amines is 1. The molecule has 0 aromatic carbocycles. The molecule has 3 unspecified atom stereocenters. The van der Waals surface area contributed by atoms with Crippen LogP contribution in [-0.2, 0) is 0 Å². The van der Waals surface area contributed by atoms with Gasteiger partial charge in [0.2, 0.25) is 0 Å². The van der Waals surface area contributed by atoms with Crippen LogP contribution in [0.3, 0.4) is 0 Å². The van der Waals surface area contributed by atoms with Crippen molar-refractivity contribution in [3.8, 4) is 0 Å². The molecule has 0 saturated heterocycles. The Morgan fingerprint density at radius 2 is 1.95 bits per heavy atom. The van der Waals surface area contributed by atoms with Gasteiger partial charge in [-0.25, -0.2) is 9.97 Å². The van der Waals surface area contributed by atoms with E-state index in [-0.39, 0.29) is 0 Å². The molecule has 0 amide bonds. The summed E-state index contributed by atoms with van der Waals surface area (Å²) in [6.07, 6.45) is 13.5. The zero-order valence-electron chi connectivity index (χ0n) is 12.8. The van der Waals surface area contributed by atoms with Crippen molar-refractivity contribution in [2.75, 3.05) is 11.9 Å². The van der Waals surface area contributed by atoms with E-state index in [0.717, 1.165) is 28.7 Å². The lowest BCUT2D eigenvalue weighted by molar-refractivity contribution is 0.143. The maximum atomic E-state index is 4.59. The molecule has 2 saturated carbocycles. The molecule has 0 spiro atoms. The zero-order valence-corrected chi connectivity index (χ0v) is 12.8. The Morgan fingerprint density at radius 3 is 2.90 bits per heavy atom. The van der Waals surface area contributed by atoms with Gasteiger partial charge < -0.3 is 9.88 Å². The Labute approximate surface area is 126 Å². The smallest absolute Gasteiger partial charge is 0.142 e. The Hall–Kier alpha value is -1.58. The lowest BCUT2D eigenvalue weighted by atomic mass is 9.68. The van der Waals surface area contributed by atoms with E-state index in [2.05, 4.69) is 33.0 Å². The molecule has 3 atom stereocenters. The predicted octanol–water partition coefficient (Wildman–Crippen LogP) is 3.75. The van der Waals surface area contributed by atoms with Crippen molar-refractivity contribution in [2.24, 2.45) is 11.8 Å². The van der Waals surface area contributed by atoms with Gasteiger partial charge in [0.25, 0.3) is 0 Å². The molecule has 4 heteroatoms. The van der Waals surface area contributed by atoms with E-state index in [4.69, 9.17) is 0 Å². The van der Waals surface area contributed by atoms with Crippen LogP contribution in [0.15, 0.2) is 18.6 Å². The molecule has 2 fully saturated rings. The molecule has 2 aromatic heterocycles. The van der Waals surface area contributed by atoms with E-state index >= 15 is 0 Å². The van der Waals surface area contributed by atoms with Gasteiger partial charge in [-0.15, -0.1) is 0 Å². The van der Waals surface area contributed by atoms with Crippen LogP contribution in [0.4, 0.5) is 5.82 Å². The SMILES string of the molecule is CN(c1ncnc2[nH]ccc12)C1CCCC2CCCCC21. The van der Waals surface area contributed by atoms with Crippen LogP contribution in [0.1, 0.15) is 44.9 Å². The molecular weight excluding hydrogens is 260 g/mol. The van der Waals surface area contributed by atoms with Crippen molar-refractivity contribution in [2.45, 2.75) is 51.0 Å². The van der Waals surface area contributed by atoms with Crippen molar-refractivity contribution in [1.82, 2.24) is 15.0 Å². The maximum Gasteiger partial charge on any atom is 0.142 e. The molecule has 0 aliphatic heterocycles. The van der Waals surface area contributed by atoms with Gasteiger partial charge in [0.05, 0.1) is 5.39 Å². The van der Waals surface area contributed by atoms with Crippen molar-refractivity contribution < 1.29 is 0 Å². The van der Waals surface area contributed by atoms with Crippen molar-refractivity contribution in [3.05, 3.63) is 18.6 Å². The Bertz CT molecular complexity index is 618. The Kier molecular flexibility index (Phi) is 3.32. The van der Waals surface area contributed by atoms with Gasteiger partial charge >= 0.3 is 0 Å². The minimum atomic E-state index is 0.650. The third kappa shape index (κ3) is 2.21. The molecule has 0 radical (unpaired) electrons. The van der Waals surface area contributed by atoms with Crippen LogP contribution in [-0.4, -0.2) is 28.0 Å². The predicted molar refractivity (Wildman–Crippen MR) is 85.4 cm³/mol. The second-order valence-corrected chi connectivity index (χ2v) is 6.75. The minimum Gasteiger partial charge on any atom is -0.356 e. The summed E-state index contributed by atoms with van der Waals surface area (Å²) in [5, 5.41) is 1.15. The van der Waals surface area contributed by atoms with Gasteiger partial charge in [-0.1, -0.05) is 32.1 Å². The third-order valence-electron chi connectivity index (χ3n) is 5.70. The van der Waals surface area contributed by atoms with Crippen LogP contribution < -0.4 is 4.90 Å². The first-order valence-electron chi connectivity index (χ1n) is 8.35. The second-order valence-electron chi connectivity index (χ2n) is 6.75. The number of nitrogens with one attached hydrogen (secondary N) is 1. The highest BCUT2D eigenvalue weighted by atomic mass is 15.2. The normalized spacial score (nSPS) is 29.3. The van der Waals surface area contributed by atoms with E-state index in [1.54, 1.807) is 6.33 Å². The molecule has 1 N–H and O–H groups in total. The highest BCUT2D eigenvalue weighted by molar-refractivity contribution is 5.87. The summed E-state index contributed by atoms with van der Waals surface area (Å²) in [5.74, 6) is 2.91. The number of nitrogens with zero attached hydrogens (tertiary/aromatic N) is 3. The van der Waals surface area contributed by atoms with Crippen LogP contribution in [0.5, 0.6) is 0 Å². The maximum absolute atomic E-state index is 4.59. The summed E-state index contributed by atoms with van der Waals surface area (Å²) < 4.78 is 0. The van der Waals surface area contributed by atoms with E-state index < -0.39 is 0 Å². The van der Waals surface area contributed by atoms with Crippen LogP contribution in [0, 0.1) is 11.8 Å². The van der Waals surface area contributed by atoms with E-state index in [0.29, 0.717) is 6.04 Å². The van der Waals surface area contributed by atoms with E-state index in [9.17, 15) is 0 Å². The first-order valence-corrected chi connectivity index (χ1v) is 8.35. The molecule has 0 bridgehead atoms. The molecule has 2 aromatic rings. The van der Waals surface area contributed by atoms with Crippen molar-refractivity contribution in [1.29, 1.82) is 0 Å². The summed E-state index contributed by atoms with van der Waals surface area (Å²) in [6.45, 7) is 0. The average Bonchev–Trinajstić information content (AvgIpc) is 3.02. The van der Waals surface area contributed by atoms with E-state index in [1.807, 2.05) is 6.20 Å². The Balaban J connectivity index is 1.66. The molecule has 2 aliphatic carbocycles. The lowest BCUT2D eigenvalue weighted by Gasteiger charge is -2.45. The zero-order chi connectivity index (χ0) is 14.2. The highest BCUT2D eigenvalue weighted by Crippen LogP contribution is 2.43. The largest absolute Gasteiger partial charge is 0.356 e. The molecule has 112 valence electrons. The lowest BCUT2D eigenvalue weighted by Crippen LogP contribution is -2.45. The fraction of sp³-hybridized carbons (Fsp3) is 0.647. The minimum absolute atomic E-state index is 0.650. The summed E-state index contributed by atoms with van der Waals surface area (Å²) in [4.78, 5) is 14.5. The summed E-state index contributed by atoms with van der Waals surface area (Å²) in [6, 6.07) is 2.75. The first kappa shape index (κ1) is 13.1. The molecule has 21 heavy (non-hydrogen) atoms. The van der Waals surface area contributed by atoms with Crippen molar-refractivity contribution in [3.63, 3.8) is 0 Å². The van der Waals surface area contributed by atoms with Crippen LogP contribution in [0.2, 0.25) is 0 Å². The number of anilines is 1. The quantitative estimate of drug-likeness (QED) is 0.913. The summed E-state index contributed by atoms with van der Waals surface area (Å²) in [5.41, 5.74) is 0.947. The Morgan fingerprint density at radius 1 is 1.10 bits per heavy atom. The molecular formula is C17H24N4. The fourth-order valence-corrected chi connectivity index (χ4v) is 4.68. The van der Waals surface area contributed by atoms with Gasteiger partial charge in [-0.05, 0) is 30.7 Å². The first-order chi connectivity index (χ1) is 10.3. The fourth-order valence-electron chi connectivity index (χ4n) is 4.68. The molecule has 2 aliphatic rings. The standard InChI is InChI=1S/C17H24N4/c1-21(17-14-9-10-18-16(14)19-11-20-17)15-8-4-6-12-5-2-3-7-13(12)15/h9-13,15H,2-8H2,1H3,(H,18,19,20). The summed E-state index contributed by atoms with van der Waals surface area (Å²) >= 11 is 0. The van der Waals surface area contributed by atoms with Gasteiger partial charge in [0.1, 0.15) is 17.8 Å². The number of fused-ring (bicyclic) bond motifs is 2. The van der Waals surface area contributed by atoms with E-state index in [1.165, 1.54) is 44.9 Å². The third-order valence-corrected chi connectivity index (χ3v) is 5.70. The average molecular weight is 284 g/mol. The van der Waals surface area contributed by atoms with Gasteiger partial charge in [-0.3, -0.25) is 0 Å². The van der Waals surface area contributed by atoms with Gasteiger partial charge in [-0.2, -0.15) is 0 Å². The van der Waals surface area contributed by atoms with Crippen LogP contribution >= 0.6 is 0 Å². The highest BCUT2D eigenvalue weighted by Gasteiger charge is 2.37. The molecule has 2 heterocycles. The topological polar surface area (TPSA) is 44.8 Å².